The maximum atomic E-state index is 12.7. The quantitative estimate of drug-likeness (QED) is 0.572. The van der Waals surface area contributed by atoms with Crippen molar-refractivity contribution in [3.05, 3.63) is 41.1 Å². The van der Waals surface area contributed by atoms with Crippen molar-refractivity contribution in [2.24, 2.45) is 0 Å². The summed E-state index contributed by atoms with van der Waals surface area (Å²) in [5.41, 5.74) is 0.929. The van der Waals surface area contributed by atoms with Crippen molar-refractivity contribution in [1.29, 1.82) is 0 Å². The summed E-state index contributed by atoms with van der Waals surface area (Å²) in [7, 11) is 0. The third kappa shape index (κ3) is 4.77. The third-order valence-corrected chi connectivity index (χ3v) is 4.94. The zero-order valence-electron chi connectivity index (χ0n) is 13.8. The van der Waals surface area contributed by atoms with Crippen LogP contribution >= 0.6 is 22.7 Å². The number of amides is 2. The van der Waals surface area contributed by atoms with Crippen LogP contribution in [0.4, 0.5) is 5.00 Å². The minimum atomic E-state index is -0.964. The summed E-state index contributed by atoms with van der Waals surface area (Å²) in [5.74, 6) is -1.36. The highest BCUT2D eigenvalue weighted by atomic mass is 32.1. The van der Waals surface area contributed by atoms with Gasteiger partial charge in [0.25, 0.3) is 5.91 Å². The van der Waals surface area contributed by atoms with Crippen LogP contribution in [-0.2, 0) is 14.3 Å². The van der Waals surface area contributed by atoms with Gasteiger partial charge in [0.1, 0.15) is 10.6 Å². The van der Waals surface area contributed by atoms with Gasteiger partial charge in [-0.25, -0.2) is 4.79 Å². The Kier molecular flexibility index (Phi) is 6.49. The van der Waals surface area contributed by atoms with Crippen molar-refractivity contribution in [2.75, 3.05) is 11.9 Å². The Morgan fingerprint density at radius 3 is 2.72 bits per heavy atom. The lowest BCUT2D eigenvalue weighted by Gasteiger charge is -2.14. The average Bonchev–Trinajstić information content (AvgIpc) is 3.20. The van der Waals surface area contributed by atoms with Gasteiger partial charge in [-0.05, 0) is 18.4 Å². The molecule has 0 radical (unpaired) electrons. The van der Waals surface area contributed by atoms with Gasteiger partial charge in [0.05, 0.1) is 0 Å². The molecule has 6 nitrogen and oxygen atoms in total. The number of anilines is 1. The molecule has 2 N–H and O–H groups in total. The predicted molar refractivity (Wildman–Crippen MR) is 100 cm³/mol. The van der Waals surface area contributed by atoms with Gasteiger partial charge >= 0.3 is 5.97 Å². The highest BCUT2D eigenvalue weighted by Crippen LogP contribution is 2.38. The average molecular weight is 378 g/mol. The number of esters is 1. The summed E-state index contributed by atoms with van der Waals surface area (Å²) in [6.45, 7) is 6.66. The molecule has 0 unspecified atom stereocenters. The smallest absolute Gasteiger partial charge is 0.342 e. The number of hydrogen-bond acceptors (Lipinski definition) is 6. The molecule has 0 saturated carbocycles. The maximum absolute atomic E-state index is 12.7. The van der Waals surface area contributed by atoms with Crippen LogP contribution in [-0.4, -0.2) is 30.4 Å². The van der Waals surface area contributed by atoms with E-state index in [1.165, 1.54) is 42.6 Å². The zero-order valence-corrected chi connectivity index (χ0v) is 15.5. The monoisotopic (exact) mass is 378 g/mol. The highest BCUT2D eigenvalue weighted by molar-refractivity contribution is 7.17. The SMILES string of the molecule is C=CCNC(=O)[C@H](C)OC(=O)c1c(-c2cccs2)csc1NC(C)=O. The number of thiophene rings is 2. The van der Waals surface area contributed by atoms with Gasteiger partial charge < -0.3 is 15.4 Å². The number of ether oxygens (including phenoxy) is 1. The first-order chi connectivity index (χ1) is 11.9. The third-order valence-electron chi connectivity index (χ3n) is 3.15. The van der Waals surface area contributed by atoms with E-state index in [0.717, 1.165) is 4.88 Å². The zero-order chi connectivity index (χ0) is 18.4. The summed E-state index contributed by atoms with van der Waals surface area (Å²) >= 11 is 2.71. The highest BCUT2D eigenvalue weighted by Gasteiger charge is 2.26. The van der Waals surface area contributed by atoms with E-state index in [4.69, 9.17) is 4.74 Å². The lowest BCUT2D eigenvalue weighted by atomic mass is 10.1. The van der Waals surface area contributed by atoms with Gasteiger partial charge in [0, 0.05) is 29.3 Å². The summed E-state index contributed by atoms with van der Waals surface area (Å²) in [6.07, 6.45) is 0.573. The van der Waals surface area contributed by atoms with Crippen molar-refractivity contribution in [3.8, 4) is 10.4 Å². The molecule has 0 spiro atoms. The number of carbonyl (C=O) groups excluding carboxylic acids is 3. The largest absolute Gasteiger partial charge is 0.449 e. The molecule has 0 bridgehead atoms. The van der Waals surface area contributed by atoms with Crippen LogP contribution in [0.1, 0.15) is 24.2 Å². The van der Waals surface area contributed by atoms with Crippen LogP contribution < -0.4 is 10.6 Å². The van der Waals surface area contributed by atoms with Gasteiger partial charge in [-0.3, -0.25) is 9.59 Å². The lowest BCUT2D eigenvalue weighted by Crippen LogP contribution is -2.36. The fourth-order valence-corrected chi connectivity index (χ4v) is 3.83. The Bertz CT molecular complexity index is 781. The van der Waals surface area contributed by atoms with E-state index in [1.54, 1.807) is 5.38 Å². The predicted octanol–water partition coefficient (Wildman–Crippen LogP) is 3.28. The molecule has 2 rings (SSSR count). The molecule has 2 heterocycles. The van der Waals surface area contributed by atoms with Crippen LogP contribution in [0.3, 0.4) is 0 Å². The standard InChI is InChI=1S/C17H18N2O4S2/c1-4-7-18-15(21)10(2)23-17(22)14-12(13-6-5-8-24-13)9-25-16(14)19-11(3)20/h4-6,8-10H,1,7H2,2-3H3,(H,18,21)(H,19,20)/t10-/m0/s1. The Balaban J connectivity index is 2.27. The molecule has 2 amide bonds. The van der Waals surface area contributed by atoms with Crippen molar-refractivity contribution >= 4 is 45.5 Å². The van der Waals surface area contributed by atoms with E-state index in [9.17, 15) is 14.4 Å². The molecule has 0 fully saturated rings. The van der Waals surface area contributed by atoms with Crippen LogP contribution in [0.2, 0.25) is 0 Å². The Morgan fingerprint density at radius 1 is 1.36 bits per heavy atom. The molecule has 8 heteroatoms. The molecule has 2 aromatic heterocycles. The molecule has 0 aliphatic carbocycles. The normalized spacial score (nSPS) is 11.4. The molecule has 0 aliphatic heterocycles. The molecular weight excluding hydrogens is 360 g/mol. The van der Waals surface area contributed by atoms with Crippen LogP contribution in [0.5, 0.6) is 0 Å². The second-order valence-electron chi connectivity index (χ2n) is 5.09. The van der Waals surface area contributed by atoms with E-state index in [1.807, 2.05) is 17.5 Å². The Morgan fingerprint density at radius 2 is 2.12 bits per heavy atom. The molecule has 132 valence electrons. The molecule has 1 atom stereocenters. The topological polar surface area (TPSA) is 84.5 Å². The van der Waals surface area contributed by atoms with Crippen molar-refractivity contribution in [1.82, 2.24) is 5.32 Å². The minimum absolute atomic E-state index is 0.256. The fourth-order valence-electron chi connectivity index (χ4n) is 2.02. The van der Waals surface area contributed by atoms with Gasteiger partial charge in [-0.2, -0.15) is 0 Å². The summed E-state index contributed by atoms with van der Waals surface area (Å²) in [5, 5.41) is 9.30. The first-order valence-corrected chi connectivity index (χ1v) is 9.22. The van der Waals surface area contributed by atoms with E-state index >= 15 is 0 Å². The Hall–Kier alpha value is -2.45. The first kappa shape index (κ1) is 18.9. The maximum Gasteiger partial charge on any atom is 0.342 e. The Labute approximate surface area is 153 Å². The lowest BCUT2D eigenvalue weighted by molar-refractivity contribution is -0.128. The van der Waals surface area contributed by atoms with E-state index in [-0.39, 0.29) is 18.0 Å². The van der Waals surface area contributed by atoms with E-state index in [2.05, 4.69) is 17.2 Å². The number of rotatable bonds is 7. The fraction of sp³-hybridized carbons (Fsp3) is 0.235. The molecule has 2 aromatic rings. The summed E-state index contributed by atoms with van der Waals surface area (Å²) in [6, 6.07) is 3.75. The molecule has 0 saturated heterocycles. The molecular formula is C17H18N2O4S2. The van der Waals surface area contributed by atoms with Crippen LogP contribution in [0.15, 0.2) is 35.5 Å². The second-order valence-corrected chi connectivity index (χ2v) is 6.92. The number of carbonyl (C=O) groups is 3. The summed E-state index contributed by atoms with van der Waals surface area (Å²) < 4.78 is 5.29. The number of hydrogen-bond donors (Lipinski definition) is 2. The van der Waals surface area contributed by atoms with Crippen LogP contribution in [0, 0.1) is 0 Å². The number of nitrogens with one attached hydrogen (secondary N) is 2. The van der Waals surface area contributed by atoms with Gasteiger partial charge in [0.2, 0.25) is 5.91 Å². The second kappa shape index (κ2) is 8.59. The summed E-state index contributed by atoms with van der Waals surface area (Å²) in [4.78, 5) is 36.8. The minimum Gasteiger partial charge on any atom is -0.449 e. The van der Waals surface area contributed by atoms with Crippen molar-refractivity contribution in [3.63, 3.8) is 0 Å². The molecule has 0 aliphatic rings. The molecule has 0 aromatic carbocycles. The van der Waals surface area contributed by atoms with Gasteiger partial charge in [-0.15, -0.1) is 29.3 Å². The van der Waals surface area contributed by atoms with Crippen LogP contribution in [0.25, 0.3) is 10.4 Å². The first-order valence-electron chi connectivity index (χ1n) is 7.46. The van der Waals surface area contributed by atoms with Crippen molar-refractivity contribution < 1.29 is 19.1 Å². The van der Waals surface area contributed by atoms with E-state index in [0.29, 0.717) is 10.6 Å². The van der Waals surface area contributed by atoms with Gasteiger partial charge in [-0.1, -0.05) is 12.1 Å². The van der Waals surface area contributed by atoms with Crippen molar-refractivity contribution in [2.45, 2.75) is 20.0 Å². The van der Waals surface area contributed by atoms with E-state index < -0.39 is 18.0 Å². The molecule has 25 heavy (non-hydrogen) atoms. The van der Waals surface area contributed by atoms with Gasteiger partial charge in [0.15, 0.2) is 6.10 Å².